The fourth-order valence-corrected chi connectivity index (χ4v) is 1.47. The molecule has 0 saturated carbocycles. The van der Waals surface area contributed by atoms with E-state index in [1.54, 1.807) is 0 Å². The lowest BCUT2D eigenvalue weighted by Crippen LogP contribution is -2.01. The molecular formula is C14H25NO3. The first kappa shape index (κ1) is 18.9. The summed E-state index contributed by atoms with van der Waals surface area (Å²) >= 11 is 0. The molecule has 0 rings (SSSR count). The highest BCUT2D eigenvalue weighted by atomic mass is 16.5. The van der Waals surface area contributed by atoms with E-state index in [-0.39, 0.29) is 5.97 Å². The summed E-state index contributed by atoms with van der Waals surface area (Å²) in [6.07, 6.45) is 12.1. The van der Waals surface area contributed by atoms with Crippen LogP contribution in [0.25, 0.3) is 0 Å². The van der Waals surface area contributed by atoms with Crippen molar-refractivity contribution in [3.05, 3.63) is 12.7 Å². The van der Waals surface area contributed by atoms with Crippen molar-refractivity contribution in [3.8, 4) is 0 Å². The average Bonchev–Trinajstić information content (AvgIpc) is 2.37. The maximum absolute atomic E-state index is 10.7. The zero-order valence-corrected chi connectivity index (χ0v) is 11.4. The van der Waals surface area contributed by atoms with E-state index in [1.807, 2.05) is 0 Å². The van der Waals surface area contributed by atoms with E-state index in [1.165, 1.54) is 44.6 Å². The van der Waals surface area contributed by atoms with Gasteiger partial charge in [0.15, 0.2) is 0 Å². The number of esters is 1. The van der Waals surface area contributed by atoms with E-state index in [4.69, 9.17) is 14.9 Å². The SMILES string of the molecule is C=CC(=O)OCCCCCCCCCC.N=C=O. The maximum Gasteiger partial charge on any atom is 0.330 e. The lowest BCUT2D eigenvalue weighted by atomic mass is 10.1. The van der Waals surface area contributed by atoms with E-state index in [9.17, 15) is 4.79 Å². The van der Waals surface area contributed by atoms with E-state index in [0.29, 0.717) is 6.61 Å². The van der Waals surface area contributed by atoms with Gasteiger partial charge in [-0.15, -0.1) is 0 Å². The molecular weight excluding hydrogens is 230 g/mol. The summed E-state index contributed by atoms with van der Waals surface area (Å²) in [4.78, 5) is 19.0. The zero-order valence-electron chi connectivity index (χ0n) is 11.4. The molecule has 4 heteroatoms. The van der Waals surface area contributed by atoms with Crippen LogP contribution in [0.5, 0.6) is 0 Å². The van der Waals surface area contributed by atoms with Crippen molar-refractivity contribution in [3.63, 3.8) is 0 Å². The summed E-state index contributed by atoms with van der Waals surface area (Å²) < 4.78 is 4.88. The molecule has 0 atom stereocenters. The molecule has 0 aliphatic rings. The Morgan fingerprint density at radius 1 is 1.17 bits per heavy atom. The molecule has 0 amide bonds. The monoisotopic (exact) mass is 255 g/mol. The predicted molar refractivity (Wildman–Crippen MR) is 72.2 cm³/mol. The fraction of sp³-hybridized carbons (Fsp3) is 0.714. The Balaban J connectivity index is 0. The number of isocyanates is 1. The summed E-state index contributed by atoms with van der Waals surface area (Å²) in [6, 6.07) is 0. The van der Waals surface area contributed by atoms with Crippen molar-refractivity contribution in [1.82, 2.24) is 0 Å². The molecule has 18 heavy (non-hydrogen) atoms. The van der Waals surface area contributed by atoms with Crippen LogP contribution < -0.4 is 0 Å². The van der Waals surface area contributed by atoms with Crippen molar-refractivity contribution in [1.29, 1.82) is 5.41 Å². The van der Waals surface area contributed by atoms with Crippen LogP contribution >= 0.6 is 0 Å². The third-order valence-corrected chi connectivity index (χ3v) is 2.41. The Bertz CT molecular complexity index is 233. The summed E-state index contributed by atoms with van der Waals surface area (Å²) in [6.45, 7) is 6.11. The van der Waals surface area contributed by atoms with Gasteiger partial charge in [0.2, 0.25) is 6.08 Å². The van der Waals surface area contributed by atoms with Gasteiger partial charge in [0.05, 0.1) is 6.61 Å². The highest BCUT2D eigenvalue weighted by Gasteiger charge is 1.95. The lowest BCUT2D eigenvalue weighted by molar-refractivity contribution is -0.137. The molecule has 0 aliphatic carbocycles. The van der Waals surface area contributed by atoms with Crippen LogP contribution in [0.15, 0.2) is 12.7 Å². The highest BCUT2D eigenvalue weighted by Crippen LogP contribution is 2.08. The summed E-state index contributed by atoms with van der Waals surface area (Å²) in [5.74, 6) is -0.307. The summed E-state index contributed by atoms with van der Waals surface area (Å²) in [5.41, 5.74) is 0. The van der Waals surface area contributed by atoms with Crippen LogP contribution in [-0.2, 0) is 14.3 Å². The van der Waals surface area contributed by atoms with Crippen LogP contribution in [0.3, 0.4) is 0 Å². The molecule has 0 heterocycles. The third kappa shape index (κ3) is 20.1. The molecule has 0 unspecified atom stereocenters. The summed E-state index contributed by atoms with van der Waals surface area (Å²) in [7, 11) is 0. The quantitative estimate of drug-likeness (QED) is 0.212. The Morgan fingerprint density at radius 3 is 2.06 bits per heavy atom. The van der Waals surface area contributed by atoms with Gasteiger partial charge in [-0.2, -0.15) is 0 Å². The number of ether oxygens (including phenoxy) is 1. The maximum atomic E-state index is 10.7. The Hall–Kier alpha value is -1.41. The molecule has 0 saturated heterocycles. The van der Waals surface area contributed by atoms with Crippen molar-refractivity contribution < 1.29 is 14.3 Å². The van der Waals surface area contributed by atoms with Gasteiger partial charge in [0, 0.05) is 6.08 Å². The van der Waals surface area contributed by atoms with Gasteiger partial charge in [-0.05, 0) is 6.42 Å². The number of hydrogen-bond acceptors (Lipinski definition) is 4. The first-order valence-corrected chi connectivity index (χ1v) is 6.56. The fourth-order valence-electron chi connectivity index (χ4n) is 1.47. The molecule has 0 bridgehead atoms. The number of unbranched alkanes of at least 4 members (excludes halogenated alkanes) is 7. The van der Waals surface area contributed by atoms with Crippen LogP contribution in [0.1, 0.15) is 58.3 Å². The molecule has 0 fully saturated rings. The molecule has 104 valence electrons. The smallest absolute Gasteiger partial charge is 0.330 e. The van der Waals surface area contributed by atoms with Crippen molar-refractivity contribution in [2.75, 3.05) is 6.61 Å². The molecule has 0 aromatic rings. The topological polar surface area (TPSA) is 67.2 Å². The van der Waals surface area contributed by atoms with Gasteiger partial charge in [-0.1, -0.05) is 58.4 Å². The minimum atomic E-state index is -0.307. The number of rotatable bonds is 10. The van der Waals surface area contributed by atoms with Crippen molar-refractivity contribution >= 4 is 12.0 Å². The van der Waals surface area contributed by atoms with E-state index in [0.717, 1.165) is 18.9 Å². The molecule has 4 nitrogen and oxygen atoms in total. The van der Waals surface area contributed by atoms with Crippen molar-refractivity contribution in [2.24, 2.45) is 0 Å². The Labute approximate surface area is 110 Å². The van der Waals surface area contributed by atoms with E-state index >= 15 is 0 Å². The lowest BCUT2D eigenvalue weighted by Gasteiger charge is -2.02. The van der Waals surface area contributed by atoms with E-state index < -0.39 is 0 Å². The number of carbonyl (C=O) groups is 1. The second-order valence-electron chi connectivity index (χ2n) is 3.95. The third-order valence-electron chi connectivity index (χ3n) is 2.41. The molecule has 0 aliphatic heterocycles. The van der Waals surface area contributed by atoms with Gasteiger partial charge in [0.1, 0.15) is 0 Å². The first-order valence-electron chi connectivity index (χ1n) is 6.56. The van der Waals surface area contributed by atoms with Gasteiger partial charge < -0.3 is 4.74 Å². The second-order valence-corrected chi connectivity index (χ2v) is 3.95. The largest absolute Gasteiger partial charge is 0.463 e. The molecule has 0 aromatic carbocycles. The molecule has 1 N–H and O–H groups in total. The van der Waals surface area contributed by atoms with Gasteiger partial charge >= 0.3 is 5.97 Å². The van der Waals surface area contributed by atoms with Gasteiger partial charge in [0.25, 0.3) is 0 Å². The standard InChI is InChI=1S/C13H24O2.CHNO/c1-3-5-6-7-8-9-10-11-12-15-13(14)4-2;2-1-3/h4H,2-3,5-12H2,1H3;2H. The highest BCUT2D eigenvalue weighted by molar-refractivity contribution is 5.81. The van der Waals surface area contributed by atoms with Gasteiger partial charge in [-0.25, -0.2) is 15.0 Å². The number of carbonyl (C=O) groups excluding carboxylic acids is 2. The van der Waals surface area contributed by atoms with Crippen LogP contribution in [0.4, 0.5) is 0 Å². The minimum Gasteiger partial charge on any atom is -0.463 e. The first-order chi connectivity index (χ1) is 8.72. The zero-order chi connectivity index (χ0) is 14.1. The van der Waals surface area contributed by atoms with E-state index in [2.05, 4.69) is 13.5 Å². The van der Waals surface area contributed by atoms with Crippen LogP contribution in [0, 0.1) is 5.41 Å². The average molecular weight is 255 g/mol. The predicted octanol–water partition coefficient (Wildman–Crippen LogP) is 3.76. The van der Waals surface area contributed by atoms with Gasteiger partial charge in [-0.3, -0.25) is 0 Å². The normalized spacial score (nSPS) is 8.72. The minimum absolute atomic E-state index is 0.307. The van der Waals surface area contributed by atoms with Crippen LogP contribution in [0.2, 0.25) is 0 Å². The molecule has 0 aromatic heterocycles. The number of hydrogen-bond donors (Lipinski definition) is 1. The second kappa shape index (κ2) is 18.0. The Morgan fingerprint density at radius 2 is 1.61 bits per heavy atom. The van der Waals surface area contributed by atoms with Crippen LogP contribution in [-0.4, -0.2) is 18.7 Å². The molecule has 0 spiro atoms. The summed E-state index contributed by atoms with van der Waals surface area (Å²) in [5, 5.41) is 5.40. The van der Waals surface area contributed by atoms with Crippen molar-refractivity contribution in [2.45, 2.75) is 58.3 Å². The number of nitrogens with one attached hydrogen (secondary N) is 1. The Kier molecular flexibility index (Phi) is 18.9. The molecule has 0 radical (unpaired) electrons.